The molecule has 0 spiro atoms. The lowest BCUT2D eigenvalue weighted by atomic mass is 10.0. The molecule has 3 rings (SSSR count). The van der Waals surface area contributed by atoms with E-state index in [0.717, 1.165) is 49.1 Å². The van der Waals surface area contributed by atoms with Crippen LogP contribution in [0.5, 0.6) is 0 Å². The number of hydrogen-bond donors (Lipinski definition) is 1. The van der Waals surface area contributed by atoms with Crippen molar-refractivity contribution in [1.29, 1.82) is 0 Å². The Morgan fingerprint density at radius 1 is 1.00 bits per heavy atom. The van der Waals surface area contributed by atoms with E-state index >= 15 is 0 Å². The topological polar surface area (TPSA) is 41.1 Å². The summed E-state index contributed by atoms with van der Waals surface area (Å²) in [5.74, 6) is 2.37. The standard InChI is InChI=1S/C19H26N4/c1-13(2)17-15(4)21-18(16-7-5-14(3)6-8-16)22-19(17)23-11-9-20-10-12-23/h5-8,13,20H,9-12H2,1-4H3. The molecule has 0 radical (unpaired) electrons. The second kappa shape index (κ2) is 6.67. The molecule has 0 amide bonds. The smallest absolute Gasteiger partial charge is 0.161 e. The zero-order chi connectivity index (χ0) is 16.4. The number of benzene rings is 1. The van der Waals surface area contributed by atoms with Crippen LogP contribution in [-0.2, 0) is 0 Å². The van der Waals surface area contributed by atoms with Crippen LogP contribution < -0.4 is 10.2 Å². The van der Waals surface area contributed by atoms with Crippen LogP contribution in [0, 0.1) is 13.8 Å². The van der Waals surface area contributed by atoms with Gasteiger partial charge in [-0.1, -0.05) is 43.7 Å². The Balaban J connectivity index is 2.08. The molecule has 2 aromatic rings. The van der Waals surface area contributed by atoms with Gasteiger partial charge in [-0.15, -0.1) is 0 Å². The lowest BCUT2D eigenvalue weighted by Gasteiger charge is -2.31. The molecule has 1 N–H and O–H groups in total. The SMILES string of the molecule is Cc1ccc(-c2nc(C)c(C(C)C)c(N3CCNCC3)n2)cc1. The average Bonchev–Trinajstić information content (AvgIpc) is 2.55. The minimum absolute atomic E-state index is 0.423. The molecule has 0 atom stereocenters. The maximum absolute atomic E-state index is 4.97. The molecule has 0 aliphatic carbocycles. The van der Waals surface area contributed by atoms with Crippen LogP contribution in [0.4, 0.5) is 5.82 Å². The first-order valence-electron chi connectivity index (χ1n) is 8.47. The summed E-state index contributed by atoms with van der Waals surface area (Å²) in [7, 11) is 0. The summed E-state index contributed by atoms with van der Waals surface area (Å²) < 4.78 is 0. The largest absolute Gasteiger partial charge is 0.354 e. The van der Waals surface area contributed by atoms with Crippen molar-refractivity contribution in [3.63, 3.8) is 0 Å². The summed E-state index contributed by atoms with van der Waals surface area (Å²) in [5.41, 5.74) is 4.72. The molecule has 0 bridgehead atoms. The summed E-state index contributed by atoms with van der Waals surface area (Å²) in [4.78, 5) is 12.2. The summed E-state index contributed by atoms with van der Waals surface area (Å²) >= 11 is 0. The van der Waals surface area contributed by atoms with Gasteiger partial charge in [0, 0.05) is 43.0 Å². The third-order valence-electron chi connectivity index (χ3n) is 4.42. The van der Waals surface area contributed by atoms with Gasteiger partial charge >= 0.3 is 0 Å². The fraction of sp³-hybridized carbons (Fsp3) is 0.474. The van der Waals surface area contributed by atoms with Gasteiger partial charge in [-0.05, 0) is 19.8 Å². The second-order valence-electron chi connectivity index (χ2n) is 6.63. The monoisotopic (exact) mass is 310 g/mol. The van der Waals surface area contributed by atoms with Crippen LogP contribution >= 0.6 is 0 Å². The van der Waals surface area contributed by atoms with Gasteiger partial charge in [-0.3, -0.25) is 0 Å². The van der Waals surface area contributed by atoms with Gasteiger partial charge in [0.05, 0.1) is 0 Å². The highest BCUT2D eigenvalue weighted by atomic mass is 15.2. The van der Waals surface area contributed by atoms with Crippen molar-refractivity contribution in [2.24, 2.45) is 0 Å². The van der Waals surface area contributed by atoms with Gasteiger partial charge in [0.25, 0.3) is 0 Å². The summed E-state index contributed by atoms with van der Waals surface area (Å²) in [6.45, 7) is 12.7. The normalized spacial score (nSPS) is 15.3. The third kappa shape index (κ3) is 3.37. The first kappa shape index (κ1) is 15.9. The fourth-order valence-corrected chi connectivity index (χ4v) is 3.19. The maximum Gasteiger partial charge on any atom is 0.161 e. The van der Waals surface area contributed by atoms with E-state index in [1.165, 1.54) is 11.1 Å². The van der Waals surface area contributed by atoms with E-state index in [9.17, 15) is 0 Å². The molecule has 2 heterocycles. The first-order chi connectivity index (χ1) is 11.1. The number of nitrogens with zero attached hydrogens (tertiary/aromatic N) is 3. The van der Waals surface area contributed by atoms with Crippen molar-refractivity contribution >= 4 is 5.82 Å². The van der Waals surface area contributed by atoms with Gasteiger partial charge in [0.1, 0.15) is 5.82 Å². The summed E-state index contributed by atoms with van der Waals surface area (Å²) in [5, 5.41) is 3.42. The van der Waals surface area contributed by atoms with E-state index in [2.05, 4.69) is 62.2 Å². The number of piperazine rings is 1. The van der Waals surface area contributed by atoms with Crippen LogP contribution in [0.1, 0.15) is 36.6 Å². The molecular weight excluding hydrogens is 284 g/mol. The van der Waals surface area contributed by atoms with Gasteiger partial charge in [-0.25, -0.2) is 9.97 Å². The van der Waals surface area contributed by atoms with E-state index in [1.807, 2.05) is 0 Å². The quantitative estimate of drug-likeness (QED) is 0.944. The molecule has 1 aliphatic heterocycles. The van der Waals surface area contributed by atoms with Crippen LogP contribution in [-0.4, -0.2) is 36.1 Å². The van der Waals surface area contributed by atoms with Gasteiger partial charge in [-0.2, -0.15) is 0 Å². The van der Waals surface area contributed by atoms with Crippen molar-refractivity contribution < 1.29 is 0 Å². The predicted octanol–water partition coefficient (Wildman–Crippen LogP) is 3.29. The van der Waals surface area contributed by atoms with Crippen molar-refractivity contribution in [3.05, 3.63) is 41.1 Å². The third-order valence-corrected chi connectivity index (χ3v) is 4.42. The fourth-order valence-electron chi connectivity index (χ4n) is 3.19. The zero-order valence-electron chi connectivity index (χ0n) is 14.6. The summed E-state index contributed by atoms with van der Waals surface area (Å²) in [6, 6.07) is 8.46. The minimum Gasteiger partial charge on any atom is -0.354 e. The van der Waals surface area contributed by atoms with Crippen LogP contribution in [0.3, 0.4) is 0 Å². The zero-order valence-corrected chi connectivity index (χ0v) is 14.6. The lowest BCUT2D eigenvalue weighted by Crippen LogP contribution is -2.44. The average molecular weight is 310 g/mol. The van der Waals surface area contributed by atoms with Crippen molar-refractivity contribution in [2.75, 3.05) is 31.1 Å². The number of aryl methyl sites for hydroxylation is 2. The molecule has 0 unspecified atom stereocenters. The molecule has 1 saturated heterocycles. The van der Waals surface area contributed by atoms with E-state index < -0.39 is 0 Å². The molecule has 4 nitrogen and oxygen atoms in total. The number of rotatable bonds is 3. The number of hydrogen-bond acceptors (Lipinski definition) is 4. The molecule has 0 saturated carbocycles. The van der Waals surface area contributed by atoms with Crippen LogP contribution in [0.25, 0.3) is 11.4 Å². The molecule has 122 valence electrons. The van der Waals surface area contributed by atoms with Crippen molar-refractivity contribution in [1.82, 2.24) is 15.3 Å². The van der Waals surface area contributed by atoms with Gasteiger partial charge in [0.15, 0.2) is 5.82 Å². The number of aromatic nitrogens is 2. The highest BCUT2D eigenvalue weighted by Crippen LogP contribution is 2.30. The highest BCUT2D eigenvalue weighted by Gasteiger charge is 2.21. The van der Waals surface area contributed by atoms with E-state index in [4.69, 9.17) is 9.97 Å². The Kier molecular flexibility index (Phi) is 4.62. The van der Waals surface area contributed by atoms with Crippen molar-refractivity contribution in [3.8, 4) is 11.4 Å². The number of anilines is 1. The molecule has 4 heteroatoms. The van der Waals surface area contributed by atoms with Gasteiger partial charge in [0.2, 0.25) is 0 Å². The predicted molar refractivity (Wildman–Crippen MR) is 96.1 cm³/mol. The lowest BCUT2D eigenvalue weighted by molar-refractivity contribution is 0.581. The molecule has 1 fully saturated rings. The Morgan fingerprint density at radius 3 is 2.26 bits per heavy atom. The molecular formula is C19H26N4. The van der Waals surface area contributed by atoms with E-state index in [1.54, 1.807) is 0 Å². The molecule has 23 heavy (non-hydrogen) atoms. The maximum atomic E-state index is 4.97. The Hall–Kier alpha value is -1.94. The first-order valence-corrected chi connectivity index (χ1v) is 8.47. The van der Waals surface area contributed by atoms with E-state index in [-0.39, 0.29) is 0 Å². The van der Waals surface area contributed by atoms with Crippen LogP contribution in [0.15, 0.2) is 24.3 Å². The molecule has 1 aromatic carbocycles. The Morgan fingerprint density at radius 2 is 1.65 bits per heavy atom. The Labute approximate surface area is 139 Å². The highest BCUT2D eigenvalue weighted by molar-refractivity contribution is 5.61. The van der Waals surface area contributed by atoms with Crippen LogP contribution in [0.2, 0.25) is 0 Å². The molecule has 1 aromatic heterocycles. The minimum atomic E-state index is 0.423. The number of nitrogens with one attached hydrogen (secondary N) is 1. The molecule has 1 aliphatic rings. The van der Waals surface area contributed by atoms with Crippen molar-refractivity contribution in [2.45, 2.75) is 33.6 Å². The Bertz CT molecular complexity index is 671. The van der Waals surface area contributed by atoms with E-state index in [0.29, 0.717) is 5.92 Å². The second-order valence-corrected chi connectivity index (χ2v) is 6.63. The summed E-state index contributed by atoms with van der Waals surface area (Å²) in [6.07, 6.45) is 0. The van der Waals surface area contributed by atoms with Gasteiger partial charge < -0.3 is 10.2 Å².